The van der Waals surface area contributed by atoms with Gasteiger partial charge in [-0.3, -0.25) is 0 Å². The Morgan fingerprint density at radius 3 is 1.59 bits per heavy atom. The number of hydrogen-bond acceptors (Lipinski definition) is 3. The molecule has 3 heterocycles. The summed E-state index contributed by atoms with van der Waals surface area (Å²) >= 11 is 0. The molecule has 8 aromatic carbocycles. The van der Waals surface area contributed by atoms with Gasteiger partial charge in [0, 0.05) is 49.6 Å². The zero-order chi connectivity index (χ0) is 38.2. The third-order valence-corrected chi connectivity index (χ3v) is 11.8. The van der Waals surface area contributed by atoms with Crippen LogP contribution in [-0.4, -0.2) is 24.1 Å². The summed E-state index contributed by atoms with van der Waals surface area (Å²) in [4.78, 5) is 15.0. The molecule has 1 aliphatic rings. The molecule has 0 spiro atoms. The molecule has 5 heteroatoms. The average Bonchev–Trinajstić information content (AvgIpc) is 3.83. The Morgan fingerprint density at radius 1 is 0.328 bits per heavy atom. The molecule has 0 saturated carbocycles. The SMILES string of the molecule is c1ccc(-c2nc(-c3ccccc3)nc(-c3cccc(-c4cccc(-n5c6ccccc6c6cc7c8c9c(cccc9n(-c9ccccc9)c8c65)CC7)c4)c3)n2)cc1. The maximum absolute atomic E-state index is 5.03. The molecule has 58 heavy (non-hydrogen) atoms. The van der Waals surface area contributed by atoms with Crippen molar-refractivity contribution in [1.29, 1.82) is 0 Å². The van der Waals surface area contributed by atoms with Crippen molar-refractivity contribution in [3.63, 3.8) is 0 Å². The third-order valence-electron chi connectivity index (χ3n) is 11.8. The first-order valence-electron chi connectivity index (χ1n) is 19.9. The first-order chi connectivity index (χ1) is 28.8. The van der Waals surface area contributed by atoms with Crippen LogP contribution in [-0.2, 0) is 12.8 Å². The van der Waals surface area contributed by atoms with E-state index in [-0.39, 0.29) is 0 Å². The highest BCUT2D eigenvalue weighted by Gasteiger charge is 2.27. The van der Waals surface area contributed by atoms with Gasteiger partial charge in [-0.05, 0) is 83.6 Å². The number of hydrogen-bond donors (Lipinski definition) is 0. The van der Waals surface area contributed by atoms with E-state index in [9.17, 15) is 0 Å². The van der Waals surface area contributed by atoms with Gasteiger partial charge in [-0.25, -0.2) is 15.0 Å². The van der Waals surface area contributed by atoms with Gasteiger partial charge >= 0.3 is 0 Å². The van der Waals surface area contributed by atoms with E-state index in [1.165, 1.54) is 60.4 Å². The number of benzene rings is 8. The van der Waals surface area contributed by atoms with Crippen molar-refractivity contribution in [2.75, 3.05) is 0 Å². The lowest BCUT2D eigenvalue weighted by molar-refractivity contribution is 0.971. The first kappa shape index (κ1) is 32.6. The van der Waals surface area contributed by atoms with Gasteiger partial charge in [-0.2, -0.15) is 0 Å². The summed E-state index contributed by atoms with van der Waals surface area (Å²) in [6.45, 7) is 0. The van der Waals surface area contributed by atoms with Crippen molar-refractivity contribution in [2.45, 2.75) is 12.8 Å². The van der Waals surface area contributed by atoms with Crippen molar-refractivity contribution in [1.82, 2.24) is 24.1 Å². The average molecular weight is 742 g/mol. The van der Waals surface area contributed by atoms with Crippen molar-refractivity contribution >= 4 is 43.6 Å². The molecule has 5 nitrogen and oxygen atoms in total. The van der Waals surface area contributed by atoms with Crippen LogP contribution in [0.15, 0.2) is 188 Å². The largest absolute Gasteiger partial charge is 0.307 e. The molecule has 11 aromatic rings. The molecule has 12 rings (SSSR count). The Bertz CT molecular complexity index is 3320. The molecular formula is C53H35N5. The summed E-state index contributed by atoms with van der Waals surface area (Å²) in [5.41, 5.74) is 15.1. The molecule has 0 aliphatic heterocycles. The normalized spacial score (nSPS) is 12.3. The molecule has 3 aromatic heterocycles. The van der Waals surface area contributed by atoms with E-state index in [1.54, 1.807) is 0 Å². The Labute approximate surface area is 335 Å². The molecule has 0 unspecified atom stereocenters. The minimum Gasteiger partial charge on any atom is -0.307 e. The molecule has 1 aliphatic carbocycles. The highest BCUT2D eigenvalue weighted by molar-refractivity contribution is 6.26. The Kier molecular flexibility index (Phi) is 7.29. The summed E-state index contributed by atoms with van der Waals surface area (Å²) in [7, 11) is 0. The summed E-state index contributed by atoms with van der Waals surface area (Å²) in [6.07, 6.45) is 2.08. The summed E-state index contributed by atoms with van der Waals surface area (Å²) in [6, 6.07) is 66.9. The number of nitrogens with zero attached hydrogens (tertiary/aromatic N) is 5. The van der Waals surface area contributed by atoms with Crippen molar-refractivity contribution in [3.05, 3.63) is 199 Å². The van der Waals surface area contributed by atoms with Gasteiger partial charge in [0.05, 0.1) is 22.1 Å². The zero-order valence-corrected chi connectivity index (χ0v) is 31.5. The van der Waals surface area contributed by atoms with Crippen LogP contribution in [0.3, 0.4) is 0 Å². The van der Waals surface area contributed by atoms with Crippen LogP contribution in [0.4, 0.5) is 0 Å². The van der Waals surface area contributed by atoms with E-state index < -0.39 is 0 Å². The predicted octanol–water partition coefficient (Wildman–Crippen LogP) is 12.8. The molecule has 272 valence electrons. The molecular weight excluding hydrogens is 707 g/mol. The van der Waals surface area contributed by atoms with Gasteiger partial charge in [-0.15, -0.1) is 0 Å². The molecule has 0 saturated heterocycles. The second-order valence-corrected chi connectivity index (χ2v) is 15.2. The van der Waals surface area contributed by atoms with Crippen molar-refractivity contribution in [3.8, 4) is 56.7 Å². The fourth-order valence-corrected chi connectivity index (χ4v) is 9.23. The minimum atomic E-state index is 0.640. The Morgan fingerprint density at radius 2 is 0.845 bits per heavy atom. The molecule has 0 amide bonds. The van der Waals surface area contributed by atoms with Gasteiger partial charge in [0.2, 0.25) is 0 Å². The van der Waals surface area contributed by atoms with Crippen LogP contribution in [0.5, 0.6) is 0 Å². The first-order valence-corrected chi connectivity index (χ1v) is 19.9. The summed E-state index contributed by atoms with van der Waals surface area (Å²) in [5.74, 6) is 1.94. The highest BCUT2D eigenvalue weighted by atomic mass is 15.1. The number of rotatable bonds is 6. The second kappa shape index (κ2) is 13.0. The minimum absolute atomic E-state index is 0.640. The monoisotopic (exact) mass is 741 g/mol. The molecule has 0 bridgehead atoms. The van der Waals surface area contributed by atoms with Crippen LogP contribution in [0.25, 0.3) is 100 Å². The lowest BCUT2D eigenvalue weighted by Gasteiger charge is -2.16. The van der Waals surface area contributed by atoms with Gasteiger partial charge in [0.1, 0.15) is 0 Å². The van der Waals surface area contributed by atoms with Gasteiger partial charge < -0.3 is 9.13 Å². The van der Waals surface area contributed by atoms with Crippen LogP contribution in [0, 0.1) is 0 Å². The molecule has 0 atom stereocenters. The molecule has 0 radical (unpaired) electrons. The molecule has 0 N–H and O–H groups in total. The van der Waals surface area contributed by atoms with Gasteiger partial charge in [0.25, 0.3) is 0 Å². The number of fused-ring (bicyclic) bond motifs is 4. The fourth-order valence-electron chi connectivity index (χ4n) is 9.23. The van der Waals surface area contributed by atoms with E-state index >= 15 is 0 Å². The number of para-hydroxylation sites is 2. The van der Waals surface area contributed by atoms with Crippen molar-refractivity contribution in [2.24, 2.45) is 0 Å². The maximum Gasteiger partial charge on any atom is 0.164 e. The van der Waals surface area contributed by atoms with E-state index in [0.717, 1.165) is 46.3 Å². The summed E-state index contributed by atoms with van der Waals surface area (Å²) in [5, 5.41) is 5.31. The van der Waals surface area contributed by atoms with E-state index in [2.05, 4.69) is 137 Å². The molecule has 0 fully saturated rings. The predicted molar refractivity (Wildman–Crippen MR) is 238 cm³/mol. The van der Waals surface area contributed by atoms with Crippen LogP contribution >= 0.6 is 0 Å². The quantitative estimate of drug-likeness (QED) is 0.170. The lowest BCUT2D eigenvalue weighted by Crippen LogP contribution is -2.01. The van der Waals surface area contributed by atoms with Gasteiger partial charge in [0.15, 0.2) is 17.5 Å². The van der Waals surface area contributed by atoms with E-state index in [1.807, 2.05) is 60.7 Å². The zero-order valence-electron chi connectivity index (χ0n) is 31.5. The topological polar surface area (TPSA) is 48.5 Å². The van der Waals surface area contributed by atoms with Gasteiger partial charge in [-0.1, -0.05) is 140 Å². The highest BCUT2D eigenvalue weighted by Crippen LogP contribution is 2.46. The fraction of sp³-hybridized carbons (Fsp3) is 0.0377. The Balaban J connectivity index is 1.07. The van der Waals surface area contributed by atoms with E-state index in [4.69, 9.17) is 15.0 Å². The van der Waals surface area contributed by atoms with Crippen LogP contribution in [0.1, 0.15) is 11.1 Å². The van der Waals surface area contributed by atoms with Crippen molar-refractivity contribution < 1.29 is 0 Å². The second-order valence-electron chi connectivity index (χ2n) is 15.2. The van der Waals surface area contributed by atoms with E-state index in [0.29, 0.717) is 17.5 Å². The number of aryl methyl sites for hydroxylation is 2. The standard InChI is InChI=1S/C53H35N5/c1-4-15-35(16-5-1)51-54-52(36-17-6-2-7-18-36)56-53(55-51)40-22-12-20-37(31-40)38-21-13-25-42(32-38)58-45-27-11-10-26-43(45)44-33-39-30-29-34-19-14-28-46-47(34)48(39)50(49(44)58)57(46)41-23-8-3-9-24-41/h1-28,31-33H,29-30H2. The number of aromatic nitrogens is 5. The third kappa shape index (κ3) is 5.07. The smallest absolute Gasteiger partial charge is 0.164 e. The summed E-state index contributed by atoms with van der Waals surface area (Å²) < 4.78 is 5.00. The Hall–Kier alpha value is -7.63. The van der Waals surface area contributed by atoms with Crippen LogP contribution in [0.2, 0.25) is 0 Å². The maximum atomic E-state index is 5.03. The van der Waals surface area contributed by atoms with Crippen LogP contribution < -0.4 is 0 Å². The lowest BCUT2D eigenvalue weighted by atomic mass is 9.90.